The molecular formula is C15H17N3S. The van der Waals surface area contributed by atoms with Crippen LogP contribution < -0.4 is 5.32 Å². The van der Waals surface area contributed by atoms with E-state index in [2.05, 4.69) is 64.4 Å². The van der Waals surface area contributed by atoms with Crippen LogP contribution in [0.4, 0.5) is 0 Å². The Morgan fingerprint density at radius 3 is 2.89 bits per heavy atom. The Morgan fingerprint density at radius 2 is 2.11 bits per heavy atom. The average molecular weight is 271 g/mol. The third-order valence-electron chi connectivity index (χ3n) is 3.44. The summed E-state index contributed by atoms with van der Waals surface area (Å²) in [6.07, 6.45) is 2.09. The summed E-state index contributed by atoms with van der Waals surface area (Å²) in [6, 6.07) is 10.8. The number of thiazole rings is 1. The number of hydrogen-bond donors (Lipinski definition) is 1. The standard InChI is InChI=1S/C15H17N3S/c1-11(13-6-4-3-5-7-13)16-10-14-12(2)17-15-18(14)8-9-19-15/h3-9,11,16H,10H2,1-2H3. The van der Waals surface area contributed by atoms with Crippen molar-refractivity contribution in [3.63, 3.8) is 0 Å². The summed E-state index contributed by atoms with van der Waals surface area (Å²) in [5, 5.41) is 5.64. The smallest absolute Gasteiger partial charge is 0.194 e. The Bertz CT molecular complexity index is 669. The number of nitrogens with zero attached hydrogens (tertiary/aromatic N) is 2. The summed E-state index contributed by atoms with van der Waals surface area (Å²) in [5.41, 5.74) is 3.67. The minimum absolute atomic E-state index is 0.338. The molecule has 3 nitrogen and oxygen atoms in total. The van der Waals surface area contributed by atoms with Gasteiger partial charge in [-0.2, -0.15) is 0 Å². The minimum Gasteiger partial charge on any atom is -0.305 e. The molecule has 2 aromatic heterocycles. The maximum absolute atomic E-state index is 4.57. The van der Waals surface area contributed by atoms with Gasteiger partial charge >= 0.3 is 0 Å². The summed E-state index contributed by atoms with van der Waals surface area (Å²) in [4.78, 5) is 5.64. The molecule has 0 fully saturated rings. The van der Waals surface area contributed by atoms with Gasteiger partial charge in [0.25, 0.3) is 0 Å². The second-order valence-electron chi connectivity index (χ2n) is 4.71. The topological polar surface area (TPSA) is 29.3 Å². The van der Waals surface area contributed by atoms with Crippen molar-refractivity contribution < 1.29 is 0 Å². The van der Waals surface area contributed by atoms with Gasteiger partial charge in [0, 0.05) is 24.2 Å². The Kier molecular flexibility index (Phi) is 3.36. The molecule has 0 aliphatic heterocycles. The van der Waals surface area contributed by atoms with Gasteiger partial charge in [0.15, 0.2) is 4.96 Å². The van der Waals surface area contributed by atoms with Gasteiger partial charge in [-0.3, -0.25) is 4.40 Å². The fourth-order valence-corrected chi connectivity index (χ4v) is 3.04. The Morgan fingerprint density at radius 1 is 1.32 bits per heavy atom. The first kappa shape index (κ1) is 12.4. The summed E-state index contributed by atoms with van der Waals surface area (Å²) >= 11 is 1.68. The van der Waals surface area contributed by atoms with Crippen LogP contribution in [0.3, 0.4) is 0 Å². The predicted octanol–water partition coefficient (Wildman–Crippen LogP) is 3.56. The quantitative estimate of drug-likeness (QED) is 0.786. The van der Waals surface area contributed by atoms with Crippen molar-refractivity contribution >= 4 is 16.3 Å². The molecule has 19 heavy (non-hydrogen) atoms. The summed E-state index contributed by atoms with van der Waals surface area (Å²) in [6.45, 7) is 5.10. The van der Waals surface area contributed by atoms with Gasteiger partial charge in [0.1, 0.15) is 0 Å². The highest BCUT2D eigenvalue weighted by atomic mass is 32.1. The number of benzene rings is 1. The highest BCUT2D eigenvalue weighted by molar-refractivity contribution is 7.15. The lowest BCUT2D eigenvalue weighted by molar-refractivity contribution is 0.564. The van der Waals surface area contributed by atoms with Crippen LogP contribution in [0, 0.1) is 6.92 Å². The Balaban J connectivity index is 1.76. The second kappa shape index (κ2) is 5.15. The largest absolute Gasteiger partial charge is 0.305 e. The van der Waals surface area contributed by atoms with Gasteiger partial charge in [0.05, 0.1) is 11.4 Å². The zero-order chi connectivity index (χ0) is 13.2. The molecule has 0 saturated heterocycles. The molecule has 3 aromatic rings. The molecule has 2 heterocycles. The molecule has 1 aromatic carbocycles. The van der Waals surface area contributed by atoms with E-state index in [1.807, 2.05) is 6.07 Å². The maximum atomic E-state index is 4.57. The summed E-state index contributed by atoms with van der Waals surface area (Å²) in [7, 11) is 0. The number of nitrogens with one attached hydrogen (secondary N) is 1. The van der Waals surface area contributed by atoms with Crippen molar-refractivity contribution in [2.45, 2.75) is 26.4 Å². The minimum atomic E-state index is 0.338. The van der Waals surface area contributed by atoms with Crippen molar-refractivity contribution in [1.29, 1.82) is 0 Å². The van der Waals surface area contributed by atoms with Gasteiger partial charge in [-0.15, -0.1) is 11.3 Å². The number of imidazole rings is 1. The first-order chi connectivity index (χ1) is 9.25. The van der Waals surface area contributed by atoms with E-state index in [1.165, 1.54) is 11.3 Å². The van der Waals surface area contributed by atoms with Gasteiger partial charge in [-0.25, -0.2) is 4.98 Å². The van der Waals surface area contributed by atoms with Crippen LogP contribution in [0.1, 0.15) is 29.9 Å². The normalized spacial score (nSPS) is 12.9. The van der Waals surface area contributed by atoms with Crippen LogP contribution in [-0.4, -0.2) is 9.38 Å². The van der Waals surface area contributed by atoms with Crippen LogP contribution in [0.15, 0.2) is 41.9 Å². The lowest BCUT2D eigenvalue weighted by Crippen LogP contribution is -2.19. The van der Waals surface area contributed by atoms with E-state index >= 15 is 0 Å². The lowest BCUT2D eigenvalue weighted by Gasteiger charge is -2.14. The zero-order valence-corrected chi connectivity index (χ0v) is 11.9. The summed E-state index contributed by atoms with van der Waals surface area (Å²) in [5.74, 6) is 0. The molecule has 0 amide bonds. The summed E-state index contributed by atoms with van der Waals surface area (Å²) < 4.78 is 2.17. The van der Waals surface area contributed by atoms with E-state index < -0.39 is 0 Å². The molecule has 0 aliphatic rings. The number of hydrogen-bond acceptors (Lipinski definition) is 3. The van der Waals surface area contributed by atoms with E-state index in [0.717, 1.165) is 17.2 Å². The molecule has 0 radical (unpaired) electrons. The first-order valence-corrected chi connectivity index (χ1v) is 7.33. The fraction of sp³-hybridized carbons (Fsp3) is 0.267. The third kappa shape index (κ3) is 2.41. The average Bonchev–Trinajstić information content (AvgIpc) is 2.98. The van der Waals surface area contributed by atoms with Crippen LogP contribution >= 0.6 is 11.3 Å². The number of fused-ring (bicyclic) bond motifs is 1. The van der Waals surface area contributed by atoms with Crippen molar-refractivity contribution in [1.82, 2.24) is 14.7 Å². The van der Waals surface area contributed by atoms with Crippen LogP contribution in [-0.2, 0) is 6.54 Å². The maximum Gasteiger partial charge on any atom is 0.194 e. The molecular weight excluding hydrogens is 254 g/mol. The SMILES string of the molecule is Cc1nc2sccn2c1CNC(C)c1ccccc1. The zero-order valence-electron chi connectivity index (χ0n) is 11.1. The molecule has 0 aliphatic carbocycles. The molecule has 98 valence electrons. The molecule has 0 saturated carbocycles. The highest BCUT2D eigenvalue weighted by Gasteiger charge is 2.11. The molecule has 3 rings (SSSR count). The predicted molar refractivity (Wildman–Crippen MR) is 79.5 cm³/mol. The Hall–Kier alpha value is -1.65. The highest BCUT2D eigenvalue weighted by Crippen LogP contribution is 2.18. The van der Waals surface area contributed by atoms with Crippen molar-refractivity contribution in [2.75, 3.05) is 0 Å². The van der Waals surface area contributed by atoms with Gasteiger partial charge in [0.2, 0.25) is 0 Å². The molecule has 0 spiro atoms. The monoisotopic (exact) mass is 271 g/mol. The molecule has 1 unspecified atom stereocenters. The molecule has 1 atom stereocenters. The van der Waals surface area contributed by atoms with E-state index in [4.69, 9.17) is 0 Å². The van der Waals surface area contributed by atoms with E-state index in [0.29, 0.717) is 6.04 Å². The van der Waals surface area contributed by atoms with E-state index in [-0.39, 0.29) is 0 Å². The molecule has 4 heteroatoms. The first-order valence-electron chi connectivity index (χ1n) is 6.45. The van der Waals surface area contributed by atoms with Crippen molar-refractivity contribution in [2.24, 2.45) is 0 Å². The fourth-order valence-electron chi connectivity index (χ4n) is 2.26. The van der Waals surface area contributed by atoms with Gasteiger partial charge < -0.3 is 5.32 Å². The van der Waals surface area contributed by atoms with E-state index in [1.54, 1.807) is 11.3 Å². The van der Waals surface area contributed by atoms with E-state index in [9.17, 15) is 0 Å². The molecule has 1 N–H and O–H groups in total. The number of rotatable bonds is 4. The molecule has 0 bridgehead atoms. The van der Waals surface area contributed by atoms with Crippen molar-refractivity contribution in [3.8, 4) is 0 Å². The number of aromatic nitrogens is 2. The van der Waals surface area contributed by atoms with Crippen LogP contribution in [0.25, 0.3) is 4.96 Å². The second-order valence-corrected chi connectivity index (χ2v) is 5.59. The lowest BCUT2D eigenvalue weighted by atomic mass is 10.1. The van der Waals surface area contributed by atoms with Crippen LogP contribution in [0.2, 0.25) is 0 Å². The van der Waals surface area contributed by atoms with Crippen molar-refractivity contribution in [3.05, 3.63) is 58.9 Å². The van der Waals surface area contributed by atoms with Gasteiger partial charge in [-0.1, -0.05) is 30.3 Å². The Labute approximate surface area is 116 Å². The van der Waals surface area contributed by atoms with Crippen LogP contribution in [0.5, 0.6) is 0 Å². The third-order valence-corrected chi connectivity index (χ3v) is 4.19. The number of aryl methyl sites for hydroxylation is 1. The van der Waals surface area contributed by atoms with Gasteiger partial charge in [-0.05, 0) is 19.4 Å².